The highest BCUT2D eigenvalue weighted by Gasteiger charge is 2.52. The Hall–Kier alpha value is -2.41. The molecule has 5 nitrogen and oxygen atoms in total. The van der Waals surface area contributed by atoms with Crippen molar-refractivity contribution in [3.63, 3.8) is 0 Å². The maximum atomic E-state index is 13.4. The first kappa shape index (κ1) is 19.5. The quantitative estimate of drug-likeness (QED) is 0.719. The summed E-state index contributed by atoms with van der Waals surface area (Å²) in [5, 5.41) is 11.7. The van der Waals surface area contributed by atoms with Gasteiger partial charge in [-0.3, -0.25) is 4.90 Å². The van der Waals surface area contributed by atoms with Crippen molar-refractivity contribution in [3.8, 4) is 5.75 Å². The third-order valence-corrected chi connectivity index (χ3v) is 6.86. The van der Waals surface area contributed by atoms with Crippen LogP contribution in [0, 0.1) is 5.82 Å². The molecule has 0 aliphatic carbocycles. The van der Waals surface area contributed by atoms with Gasteiger partial charge >= 0.3 is 0 Å². The van der Waals surface area contributed by atoms with Gasteiger partial charge in [0.2, 0.25) is 0 Å². The third-order valence-electron chi connectivity index (χ3n) is 6.86. The number of aliphatic hydroxyl groups is 1. The fraction of sp³-hybridized carbons (Fsp3) is 0.417. The van der Waals surface area contributed by atoms with Crippen LogP contribution in [0.1, 0.15) is 22.9 Å². The number of likely N-dealkylation sites (tertiary alicyclic amines) is 1. The van der Waals surface area contributed by atoms with Crippen LogP contribution in [-0.2, 0) is 19.0 Å². The summed E-state index contributed by atoms with van der Waals surface area (Å²) in [7, 11) is 5.93. The minimum atomic E-state index is -0.224. The summed E-state index contributed by atoms with van der Waals surface area (Å²) in [4.78, 5) is 4.71. The molecule has 3 aromatic rings. The number of aromatic nitrogens is 1. The molecule has 1 atom stereocenters. The van der Waals surface area contributed by atoms with Crippen LogP contribution in [0.4, 0.5) is 4.39 Å². The second-order valence-corrected chi connectivity index (χ2v) is 8.88. The number of aryl methyl sites for hydroxylation is 1. The lowest BCUT2D eigenvalue weighted by Gasteiger charge is -2.55. The molecule has 1 fully saturated rings. The van der Waals surface area contributed by atoms with Gasteiger partial charge in [0, 0.05) is 55.8 Å². The van der Waals surface area contributed by atoms with E-state index < -0.39 is 0 Å². The lowest BCUT2D eigenvalue weighted by atomic mass is 9.69. The SMILES string of the molecule is COc1ccc2c3c(n(C)c2c1)[C@@H](CO)N(Cc1ccc(F)cc1)CC31CN(C)C1. The highest BCUT2D eigenvalue weighted by atomic mass is 19.1. The molecular formula is C24H28FN3O2. The molecule has 2 aliphatic rings. The summed E-state index contributed by atoms with van der Waals surface area (Å²) in [5.74, 6) is 0.613. The lowest BCUT2D eigenvalue weighted by Crippen LogP contribution is -2.65. The predicted molar refractivity (Wildman–Crippen MR) is 115 cm³/mol. The summed E-state index contributed by atoms with van der Waals surface area (Å²) < 4.78 is 21.1. The van der Waals surface area contributed by atoms with Crippen LogP contribution in [0.5, 0.6) is 5.75 Å². The first-order valence-electron chi connectivity index (χ1n) is 10.4. The average molecular weight is 410 g/mol. The molecular weight excluding hydrogens is 381 g/mol. The van der Waals surface area contributed by atoms with Crippen LogP contribution < -0.4 is 4.74 Å². The van der Waals surface area contributed by atoms with Crippen LogP contribution in [0.3, 0.4) is 0 Å². The third kappa shape index (κ3) is 2.86. The normalized spacial score (nSPS) is 21.0. The summed E-state index contributed by atoms with van der Waals surface area (Å²) in [5.41, 5.74) is 4.78. The summed E-state index contributed by atoms with van der Waals surface area (Å²) in [6, 6.07) is 12.9. The largest absolute Gasteiger partial charge is 0.497 e. The molecule has 0 radical (unpaired) electrons. The molecule has 2 aliphatic heterocycles. The summed E-state index contributed by atoms with van der Waals surface area (Å²) >= 11 is 0. The van der Waals surface area contributed by atoms with E-state index >= 15 is 0 Å². The first-order chi connectivity index (χ1) is 14.5. The Morgan fingerprint density at radius 3 is 2.47 bits per heavy atom. The molecule has 0 amide bonds. The molecule has 6 heteroatoms. The molecule has 1 spiro atoms. The Kier molecular flexibility index (Phi) is 4.61. The number of methoxy groups -OCH3 is 1. The number of ether oxygens (including phenoxy) is 1. The predicted octanol–water partition coefficient (Wildman–Crippen LogP) is 3.06. The number of likely N-dealkylation sites (N-methyl/N-ethyl adjacent to an activating group) is 1. The zero-order valence-electron chi connectivity index (χ0n) is 17.7. The molecule has 1 saturated heterocycles. The van der Waals surface area contributed by atoms with Gasteiger partial charge in [-0.05, 0) is 42.4 Å². The Morgan fingerprint density at radius 1 is 1.10 bits per heavy atom. The molecule has 0 saturated carbocycles. The van der Waals surface area contributed by atoms with Gasteiger partial charge in [-0.1, -0.05) is 12.1 Å². The topological polar surface area (TPSA) is 40.9 Å². The van der Waals surface area contributed by atoms with Gasteiger partial charge in [0.1, 0.15) is 11.6 Å². The van der Waals surface area contributed by atoms with Crippen LogP contribution in [0.25, 0.3) is 10.9 Å². The smallest absolute Gasteiger partial charge is 0.123 e. The minimum Gasteiger partial charge on any atom is -0.497 e. The van der Waals surface area contributed by atoms with Crippen molar-refractivity contribution in [1.82, 2.24) is 14.4 Å². The van der Waals surface area contributed by atoms with Gasteiger partial charge in [-0.2, -0.15) is 0 Å². The van der Waals surface area contributed by atoms with Crippen molar-refractivity contribution >= 4 is 10.9 Å². The van der Waals surface area contributed by atoms with Crippen molar-refractivity contribution in [1.29, 1.82) is 0 Å². The van der Waals surface area contributed by atoms with E-state index in [0.717, 1.165) is 36.5 Å². The van der Waals surface area contributed by atoms with Crippen molar-refractivity contribution in [2.75, 3.05) is 40.4 Å². The van der Waals surface area contributed by atoms with E-state index in [9.17, 15) is 9.50 Å². The zero-order chi connectivity index (χ0) is 21.0. The van der Waals surface area contributed by atoms with E-state index in [4.69, 9.17) is 4.74 Å². The van der Waals surface area contributed by atoms with Crippen LogP contribution >= 0.6 is 0 Å². The maximum absolute atomic E-state index is 13.4. The van der Waals surface area contributed by atoms with Crippen molar-refractivity contribution in [3.05, 3.63) is 65.1 Å². The number of benzene rings is 2. The second-order valence-electron chi connectivity index (χ2n) is 8.88. The van der Waals surface area contributed by atoms with Gasteiger partial charge in [0.05, 0.1) is 25.3 Å². The first-order valence-corrected chi connectivity index (χ1v) is 10.4. The molecule has 3 heterocycles. The Balaban J connectivity index is 1.65. The molecule has 5 rings (SSSR count). The van der Waals surface area contributed by atoms with Crippen molar-refractivity contribution in [2.24, 2.45) is 7.05 Å². The van der Waals surface area contributed by atoms with Gasteiger partial charge in [-0.15, -0.1) is 0 Å². The fourth-order valence-corrected chi connectivity index (χ4v) is 5.70. The van der Waals surface area contributed by atoms with E-state index in [1.54, 1.807) is 7.11 Å². The fourth-order valence-electron chi connectivity index (χ4n) is 5.70. The number of fused-ring (bicyclic) bond motifs is 4. The van der Waals surface area contributed by atoms with Gasteiger partial charge < -0.3 is 19.3 Å². The highest BCUT2D eigenvalue weighted by molar-refractivity contribution is 5.89. The number of rotatable bonds is 4. The average Bonchev–Trinajstić information content (AvgIpc) is 3.01. The molecule has 0 bridgehead atoms. The lowest BCUT2D eigenvalue weighted by molar-refractivity contribution is 0.00291. The van der Waals surface area contributed by atoms with E-state index in [2.05, 4.69) is 40.6 Å². The molecule has 2 aromatic carbocycles. The Morgan fingerprint density at radius 2 is 1.83 bits per heavy atom. The molecule has 1 aromatic heterocycles. The molecule has 30 heavy (non-hydrogen) atoms. The zero-order valence-corrected chi connectivity index (χ0v) is 17.7. The van der Waals surface area contributed by atoms with Crippen molar-refractivity contribution in [2.45, 2.75) is 18.0 Å². The van der Waals surface area contributed by atoms with E-state index in [0.29, 0.717) is 6.54 Å². The molecule has 158 valence electrons. The van der Waals surface area contributed by atoms with Crippen molar-refractivity contribution < 1.29 is 14.2 Å². The summed E-state index contributed by atoms with van der Waals surface area (Å²) in [6.45, 7) is 3.58. The van der Waals surface area contributed by atoms with E-state index in [-0.39, 0.29) is 23.9 Å². The highest BCUT2D eigenvalue weighted by Crippen LogP contribution is 2.49. The van der Waals surface area contributed by atoms with E-state index in [1.165, 1.54) is 28.8 Å². The number of hydrogen-bond donors (Lipinski definition) is 1. The number of nitrogens with zero attached hydrogens (tertiary/aromatic N) is 3. The van der Waals surface area contributed by atoms with Crippen LogP contribution in [-0.4, -0.2) is 59.9 Å². The maximum Gasteiger partial charge on any atom is 0.123 e. The molecule has 0 unspecified atom stereocenters. The van der Waals surface area contributed by atoms with E-state index in [1.807, 2.05) is 18.2 Å². The standard InChI is InChI=1S/C24H28FN3O2/c1-26-13-24(14-26)15-28(11-16-4-6-17(25)7-5-16)21(12-29)23-22(24)19-9-8-18(30-3)10-20(19)27(23)2/h4-10,21,29H,11-15H2,1-3H3/t21-/m1/s1. The van der Waals surface area contributed by atoms with Gasteiger partial charge in [0.25, 0.3) is 0 Å². The van der Waals surface area contributed by atoms with Gasteiger partial charge in [-0.25, -0.2) is 4.39 Å². The molecule has 1 N–H and O–H groups in total. The summed E-state index contributed by atoms with van der Waals surface area (Å²) in [6.07, 6.45) is 0. The number of halogens is 1. The monoisotopic (exact) mass is 409 g/mol. The number of hydrogen-bond acceptors (Lipinski definition) is 4. The van der Waals surface area contributed by atoms with Crippen LogP contribution in [0.2, 0.25) is 0 Å². The Labute approximate surface area is 176 Å². The second kappa shape index (κ2) is 7.08. The minimum absolute atomic E-state index is 0.0316. The number of aliphatic hydroxyl groups excluding tert-OH is 1. The van der Waals surface area contributed by atoms with Gasteiger partial charge in [0.15, 0.2) is 0 Å². The van der Waals surface area contributed by atoms with Crippen LogP contribution in [0.15, 0.2) is 42.5 Å². The Bertz CT molecular complexity index is 1090.